The van der Waals surface area contributed by atoms with Gasteiger partial charge in [-0.3, -0.25) is 19.3 Å². The van der Waals surface area contributed by atoms with Crippen molar-refractivity contribution >= 4 is 29.3 Å². The summed E-state index contributed by atoms with van der Waals surface area (Å²) in [6.45, 7) is 4.83. The lowest BCUT2D eigenvalue weighted by Crippen LogP contribution is -2.62. The molecule has 1 aliphatic carbocycles. The highest BCUT2D eigenvalue weighted by Gasteiger charge is 2.45. The van der Waals surface area contributed by atoms with Crippen molar-refractivity contribution in [3.8, 4) is 0 Å². The van der Waals surface area contributed by atoms with Crippen LogP contribution >= 0.6 is 0 Å². The number of benzene rings is 1. The molecule has 1 aromatic rings. The van der Waals surface area contributed by atoms with Crippen molar-refractivity contribution in [1.82, 2.24) is 15.1 Å². The van der Waals surface area contributed by atoms with Crippen LogP contribution in [0.2, 0.25) is 0 Å². The number of hydrogen-bond acceptors (Lipinski definition) is 6. The number of carbonyl (C=O) groups is 4. The SMILES string of the molecule is COCCN1C(=O)NC2CC(C(=O)N3CCN(c4ccc(C(C)=O)cc4)CC3)CCC2C1=O. The van der Waals surface area contributed by atoms with Gasteiger partial charge in [-0.2, -0.15) is 0 Å². The number of fused-ring (bicyclic) bond motifs is 1. The van der Waals surface area contributed by atoms with E-state index in [1.165, 1.54) is 12.0 Å². The maximum Gasteiger partial charge on any atom is 0.324 e. The summed E-state index contributed by atoms with van der Waals surface area (Å²) in [5, 5.41) is 2.94. The van der Waals surface area contributed by atoms with Gasteiger partial charge in [0, 0.05) is 56.5 Å². The zero-order valence-electron chi connectivity index (χ0n) is 19.3. The first kappa shape index (κ1) is 23.2. The van der Waals surface area contributed by atoms with Crippen molar-refractivity contribution in [1.29, 1.82) is 0 Å². The number of anilines is 1. The maximum atomic E-state index is 13.2. The summed E-state index contributed by atoms with van der Waals surface area (Å²) in [6.07, 6.45) is 1.77. The minimum Gasteiger partial charge on any atom is -0.383 e. The Morgan fingerprint density at radius 1 is 1.06 bits per heavy atom. The molecule has 1 saturated carbocycles. The highest BCUT2D eigenvalue weighted by molar-refractivity contribution is 5.99. The second-order valence-electron chi connectivity index (χ2n) is 9.07. The van der Waals surface area contributed by atoms with Crippen LogP contribution < -0.4 is 10.2 Å². The number of imide groups is 1. The van der Waals surface area contributed by atoms with Crippen LogP contribution in [0.1, 0.15) is 36.5 Å². The van der Waals surface area contributed by atoms with E-state index in [9.17, 15) is 19.2 Å². The van der Waals surface area contributed by atoms with Crippen LogP contribution in [0.15, 0.2) is 24.3 Å². The van der Waals surface area contributed by atoms with E-state index < -0.39 is 6.03 Å². The number of nitrogens with one attached hydrogen (secondary N) is 1. The number of methoxy groups -OCH3 is 1. The van der Waals surface area contributed by atoms with Gasteiger partial charge in [-0.15, -0.1) is 0 Å². The molecule has 4 amide bonds. The van der Waals surface area contributed by atoms with Crippen LogP contribution in [0.25, 0.3) is 0 Å². The minimum atomic E-state index is -0.393. The average Bonchev–Trinajstić information content (AvgIpc) is 2.83. The van der Waals surface area contributed by atoms with Crippen molar-refractivity contribution in [3.63, 3.8) is 0 Å². The Balaban J connectivity index is 1.31. The molecule has 33 heavy (non-hydrogen) atoms. The summed E-state index contributed by atoms with van der Waals surface area (Å²) in [7, 11) is 1.54. The third-order valence-electron chi connectivity index (χ3n) is 7.09. The largest absolute Gasteiger partial charge is 0.383 e. The molecule has 9 nitrogen and oxygen atoms in total. The van der Waals surface area contributed by atoms with Gasteiger partial charge in [0.25, 0.3) is 0 Å². The Labute approximate surface area is 194 Å². The number of nitrogens with zero attached hydrogens (tertiary/aromatic N) is 3. The number of rotatable bonds is 6. The molecule has 4 rings (SSSR count). The molecule has 3 aliphatic rings. The van der Waals surface area contributed by atoms with Gasteiger partial charge < -0.3 is 19.9 Å². The fourth-order valence-corrected chi connectivity index (χ4v) is 5.13. The monoisotopic (exact) mass is 456 g/mol. The van der Waals surface area contributed by atoms with Crippen LogP contribution in [0.3, 0.4) is 0 Å². The van der Waals surface area contributed by atoms with Crippen LogP contribution in [0.4, 0.5) is 10.5 Å². The van der Waals surface area contributed by atoms with E-state index in [2.05, 4.69) is 10.2 Å². The van der Waals surface area contributed by atoms with Crippen molar-refractivity contribution in [2.24, 2.45) is 11.8 Å². The van der Waals surface area contributed by atoms with Gasteiger partial charge in [0.1, 0.15) is 0 Å². The van der Waals surface area contributed by atoms with E-state index in [1.54, 1.807) is 6.92 Å². The van der Waals surface area contributed by atoms with Crippen LogP contribution in [0, 0.1) is 11.8 Å². The summed E-state index contributed by atoms with van der Waals surface area (Å²) < 4.78 is 5.00. The lowest BCUT2D eigenvalue weighted by Gasteiger charge is -2.43. The fraction of sp³-hybridized carbons (Fsp3) is 0.583. The molecule has 0 spiro atoms. The Bertz CT molecular complexity index is 910. The highest BCUT2D eigenvalue weighted by atomic mass is 16.5. The predicted octanol–water partition coefficient (Wildman–Crippen LogP) is 1.52. The van der Waals surface area contributed by atoms with E-state index >= 15 is 0 Å². The van der Waals surface area contributed by atoms with Gasteiger partial charge in [0.15, 0.2) is 5.78 Å². The molecular weight excluding hydrogens is 424 g/mol. The van der Waals surface area contributed by atoms with E-state index in [1.807, 2.05) is 29.2 Å². The highest BCUT2D eigenvalue weighted by Crippen LogP contribution is 2.34. The zero-order chi connectivity index (χ0) is 23.5. The Morgan fingerprint density at radius 2 is 1.76 bits per heavy atom. The molecule has 3 atom stereocenters. The van der Waals surface area contributed by atoms with Gasteiger partial charge in [0.2, 0.25) is 11.8 Å². The first-order valence-corrected chi connectivity index (χ1v) is 11.6. The number of carbonyl (C=O) groups excluding carboxylic acids is 4. The Hall–Kier alpha value is -2.94. The second kappa shape index (κ2) is 9.91. The summed E-state index contributed by atoms with van der Waals surface area (Å²) in [6, 6.07) is 6.90. The summed E-state index contributed by atoms with van der Waals surface area (Å²) in [4.78, 5) is 55.2. The molecule has 2 saturated heterocycles. The van der Waals surface area contributed by atoms with Crippen LogP contribution in [-0.2, 0) is 14.3 Å². The van der Waals surface area contributed by atoms with Gasteiger partial charge in [-0.05, 0) is 50.5 Å². The van der Waals surface area contributed by atoms with Gasteiger partial charge in [0.05, 0.1) is 19.1 Å². The molecule has 1 N–H and O–H groups in total. The standard InChI is InChI=1S/C24H32N4O5/c1-16(29)17-3-6-19(7-4-17)26-9-11-27(12-10-26)22(30)18-5-8-20-21(15-18)25-24(32)28(23(20)31)13-14-33-2/h3-4,6-7,18,20-21H,5,8-15H2,1-2H3,(H,25,32). The Kier molecular flexibility index (Phi) is 6.97. The maximum absolute atomic E-state index is 13.2. The molecule has 1 aromatic carbocycles. The second-order valence-corrected chi connectivity index (χ2v) is 9.07. The number of ether oxygens (including phenoxy) is 1. The van der Waals surface area contributed by atoms with Gasteiger partial charge >= 0.3 is 6.03 Å². The zero-order valence-corrected chi connectivity index (χ0v) is 19.3. The van der Waals surface area contributed by atoms with E-state index in [0.717, 1.165) is 18.8 Å². The van der Waals surface area contributed by atoms with Crippen LogP contribution in [-0.4, -0.2) is 85.9 Å². The van der Waals surface area contributed by atoms with Crippen molar-refractivity contribution < 1.29 is 23.9 Å². The summed E-state index contributed by atoms with van der Waals surface area (Å²) >= 11 is 0. The number of Topliss-reactive ketones (excluding diaryl/α,β-unsaturated/α-hetero) is 1. The Morgan fingerprint density at radius 3 is 2.39 bits per heavy atom. The number of ketones is 1. The first-order chi connectivity index (χ1) is 15.9. The number of urea groups is 1. The molecule has 0 aromatic heterocycles. The van der Waals surface area contributed by atoms with E-state index in [4.69, 9.17) is 4.74 Å². The van der Waals surface area contributed by atoms with Crippen molar-refractivity contribution in [2.45, 2.75) is 32.2 Å². The average molecular weight is 457 g/mol. The van der Waals surface area contributed by atoms with Crippen molar-refractivity contribution in [3.05, 3.63) is 29.8 Å². The number of hydrogen-bond donors (Lipinski definition) is 1. The minimum absolute atomic E-state index is 0.0465. The van der Waals surface area contributed by atoms with Crippen molar-refractivity contribution in [2.75, 3.05) is 51.3 Å². The quantitative estimate of drug-likeness (QED) is 0.652. The molecule has 0 bridgehead atoms. The molecule has 178 valence electrons. The molecule has 0 radical (unpaired) electrons. The van der Waals surface area contributed by atoms with E-state index in [-0.39, 0.29) is 42.0 Å². The molecular formula is C24H32N4O5. The van der Waals surface area contributed by atoms with Gasteiger partial charge in [-0.1, -0.05) is 0 Å². The summed E-state index contributed by atoms with van der Waals surface area (Å²) in [5.41, 5.74) is 1.74. The molecule has 3 unspecified atom stereocenters. The van der Waals surface area contributed by atoms with E-state index in [0.29, 0.717) is 44.5 Å². The summed E-state index contributed by atoms with van der Waals surface area (Å²) in [5.74, 6) is -0.436. The lowest BCUT2D eigenvalue weighted by atomic mass is 9.76. The van der Waals surface area contributed by atoms with Gasteiger partial charge in [-0.25, -0.2) is 4.79 Å². The third kappa shape index (κ3) is 4.88. The lowest BCUT2D eigenvalue weighted by molar-refractivity contribution is -0.143. The molecule has 2 aliphatic heterocycles. The normalized spacial score (nSPS) is 25.5. The predicted molar refractivity (Wildman–Crippen MR) is 122 cm³/mol. The number of amides is 4. The molecule has 2 heterocycles. The third-order valence-corrected chi connectivity index (χ3v) is 7.09. The fourth-order valence-electron chi connectivity index (χ4n) is 5.13. The number of piperazine rings is 1. The molecule has 3 fully saturated rings. The van der Waals surface area contributed by atoms with Crippen LogP contribution in [0.5, 0.6) is 0 Å². The molecule has 9 heteroatoms. The smallest absolute Gasteiger partial charge is 0.324 e. The first-order valence-electron chi connectivity index (χ1n) is 11.6. The topological polar surface area (TPSA) is 99.3 Å².